The SMILES string of the molecule is CCc1nn2c(-c3ccncc3)ccnc2c1-c1ccc(Cl)cc1. The van der Waals surface area contributed by atoms with Gasteiger partial charge >= 0.3 is 0 Å². The molecule has 4 aromatic rings. The van der Waals surface area contributed by atoms with Crippen LogP contribution in [0.4, 0.5) is 0 Å². The lowest BCUT2D eigenvalue weighted by atomic mass is 10.0. The Kier molecular flexibility index (Phi) is 3.75. The fourth-order valence-corrected chi connectivity index (χ4v) is 3.02. The molecule has 1 aromatic carbocycles. The van der Waals surface area contributed by atoms with E-state index in [2.05, 4.69) is 16.9 Å². The van der Waals surface area contributed by atoms with Crippen molar-refractivity contribution >= 4 is 17.2 Å². The van der Waals surface area contributed by atoms with Crippen molar-refractivity contribution in [2.24, 2.45) is 0 Å². The first kappa shape index (κ1) is 14.8. The van der Waals surface area contributed by atoms with Crippen molar-refractivity contribution in [2.45, 2.75) is 13.3 Å². The third-order valence-corrected chi connectivity index (χ3v) is 4.29. The molecule has 0 fully saturated rings. The van der Waals surface area contributed by atoms with Crippen LogP contribution in [0.3, 0.4) is 0 Å². The number of nitrogens with zero attached hydrogens (tertiary/aromatic N) is 4. The van der Waals surface area contributed by atoms with Gasteiger partial charge in [-0.2, -0.15) is 5.10 Å². The molecule has 0 aliphatic heterocycles. The van der Waals surface area contributed by atoms with Crippen molar-refractivity contribution in [3.8, 4) is 22.4 Å². The maximum Gasteiger partial charge on any atom is 0.163 e. The Bertz CT molecular complexity index is 991. The Balaban J connectivity index is 2.00. The highest BCUT2D eigenvalue weighted by atomic mass is 35.5. The summed E-state index contributed by atoms with van der Waals surface area (Å²) in [5, 5.41) is 5.53. The lowest BCUT2D eigenvalue weighted by molar-refractivity contribution is 0.893. The van der Waals surface area contributed by atoms with E-state index in [-0.39, 0.29) is 0 Å². The molecular weight excluding hydrogens is 320 g/mol. The first-order valence-electron chi connectivity index (χ1n) is 7.81. The average molecular weight is 335 g/mol. The Labute approximate surface area is 144 Å². The molecule has 0 atom stereocenters. The van der Waals surface area contributed by atoms with Crippen LogP contribution in [0.15, 0.2) is 61.1 Å². The molecule has 0 N–H and O–H groups in total. The summed E-state index contributed by atoms with van der Waals surface area (Å²) in [6.45, 7) is 2.10. The molecule has 118 valence electrons. The summed E-state index contributed by atoms with van der Waals surface area (Å²) in [6.07, 6.45) is 6.22. The summed E-state index contributed by atoms with van der Waals surface area (Å²) in [6, 6.07) is 13.7. The predicted octanol–water partition coefficient (Wildman–Crippen LogP) is 4.67. The van der Waals surface area contributed by atoms with Crippen LogP contribution in [0.5, 0.6) is 0 Å². The fraction of sp³-hybridized carbons (Fsp3) is 0.105. The fourth-order valence-electron chi connectivity index (χ4n) is 2.89. The first-order chi connectivity index (χ1) is 11.8. The lowest BCUT2D eigenvalue weighted by Gasteiger charge is -2.05. The van der Waals surface area contributed by atoms with Gasteiger partial charge in [-0.25, -0.2) is 9.50 Å². The van der Waals surface area contributed by atoms with E-state index in [9.17, 15) is 0 Å². The summed E-state index contributed by atoms with van der Waals surface area (Å²) in [5.74, 6) is 0. The van der Waals surface area contributed by atoms with Gasteiger partial charge in [-0.1, -0.05) is 30.7 Å². The smallest absolute Gasteiger partial charge is 0.163 e. The van der Waals surface area contributed by atoms with Crippen LogP contribution >= 0.6 is 11.6 Å². The largest absolute Gasteiger partial charge is 0.265 e. The van der Waals surface area contributed by atoms with E-state index in [4.69, 9.17) is 16.7 Å². The molecule has 0 aliphatic carbocycles. The second-order valence-electron chi connectivity index (χ2n) is 5.48. The number of fused-ring (bicyclic) bond motifs is 1. The van der Waals surface area contributed by atoms with Crippen molar-refractivity contribution in [3.05, 3.63) is 71.8 Å². The second kappa shape index (κ2) is 6.06. The molecule has 4 rings (SSSR count). The molecule has 0 spiro atoms. The third-order valence-electron chi connectivity index (χ3n) is 4.03. The number of halogens is 1. The molecule has 0 aliphatic rings. The number of hydrogen-bond acceptors (Lipinski definition) is 3. The van der Waals surface area contributed by atoms with Crippen LogP contribution in [-0.2, 0) is 6.42 Å². The zero-order chi connectivity index (χ0) is 16.5. The monoisotopic (exact) mass is 334 g/mol. The molecular formula is C19H15ClN4. The number of benzene rings is 1. The number of aromatic nitrogens is 4. The van der Waals surface area contributed by atoms with Crippen LogP contribution in [0, 0.1) is 0 Å². The summed E-state index contributed by atoms with van der Waals surface area (Å²) >= 11 is 6.03. The standard InChI is InChI=1S/C19H15ClN4/c1-2-16-18(14-3-5-15(20)6-4-14)19-22-12-9-17(24(19)23-16)13-7-10-21-11-8-13/h3-12H,2H2,1H3. The lowest BCUT2D eigenvalue weighted by Crippen LogP contribution is -1.96. The average Bonchev–Trinajstić information content (AvgIpc) is 3.02. The number of hydrogen-bond donors (Lipinski definition) is 0. The van der Waals surface area contributed by atoms with E-state index >= 15 is 0 Å². The van der Waals surface area contributed by atoms with Gasteiger partial charge in [-0.15, -0.1) is 0 Å². The molecule has 3 heterocycles. The van der Waals surface area contributed by atoms with Crippen LogP contribution < -0.4 is 0 Å². The highest BCUT2D eigenvalue weighted by Crippen LogP contribution is 2.31. The maximum atomic E-state index is 6.03. The van der Waals surface area contributed by atoms with Crippen LogP contribution in [0.1, 0.15) is 12.6 Å². The highest BCUT2D eigenvalue weighted by Gasteiger charge is 2.17. The Morgan fingerprint density at radius 3 is 2.38 bits per heavy atom. The van der Waals surface area contributed by atoms with E-state index in [0.29, 0.717) is 0 Å². The maximum absolute atomic E-state index is 6.03. The first-order valence-corrected chi connectivity index (χ1v) is 8.18. The minimum Gasteiger partial charge on any atom is -0.265 e. The molecule has 0 bridgehead atoms. The van der Waals surface area contributed by atoms with Gasteiger partial charge in [0, 0.05) is 34.7 Å². The summed E-state index contributed by atoms with van der Waals surface area (Å²) in [7, 11) is 0. The zero-order valence-electron chi connectivity index (χ0n) is 13.1. The van der Waals surface area contributed by atoms with Crippen molar-refractivity contribution in [1.82, 2.24) is 19.6 Å². The van der Waals surface area contributed by atoms with Gasteiger partial charge in [0.2, 0.25) is 0 Å². The quantitative estimate of drug-likeness (QED) is 0.546. The molecule has 3 aromatic heterocycles. The zero-order valence-corrected chi connectivity index (χ0v) is 13.9. The van der Waals surface area contributed by atoms with Crippen LogP contribution in [-0.4, -0.2) is 19.6 Å². The molecule has 0 unspecified atom stereocenters. The van der Waals surface area contributed by atoms with E-state index in [1.807, 2.05) is 53.2 Å². The molecule has 0 amide bonds. The summed E-state index contributed by atoms with van der Waals surface area (Å²) < 4.78 is 1.91. The van der Waals surface area contributed by atoms with Crippen molar-refractivity contribution in [2.75, 3.05) is 0 Å². The van der Waals surface area contributed by atoms with E-state index in [0.717, 1.165) is 45.2 Å². The molecule has 4 nitrogen and oxygen atoms in total. The molecule has 5 heteroatoms. The van der Waals surface area contributed by atoms with Gasteiger partial charge < -0.3 is 0 Å². The number of pyridine rings is 1. The van der Waals surface area contributed by atoms with Gasteiger partial charge in [-0.05, 0) is 42.3 Å². The Morgan fingerprint density at radius 2 is 1.67 bits per heavy atom. The molecule has 0 saturated carbocycles. The number of aryl methyl sites for hydroxylation is 1. The van der Waals surface area contributed by atoms with Gasteiger partial charge in [0.25, 0.3) is 0 Å². The van der Waals surface area contributed by atoms with Crippen LogP contribution in [0.2, 0.25) is 5.02 Å². The van der Waals surface area contributed by atoms with Gasteiger partial charge in [0.05, 0.1) is 11.4 Å². The Morgan fingerprint density at radius 1 is 0.917 bits per heavy atom. The van der Waals surface area contributed by atoms with Crippen molar-refractivity contribution < 1.29 is 0 Å². The van der Waals surface area contributed by atoms with E-state index in [1.165, 1.54) is 0 Å². The summed E-state index contributed by atoms with van der Waals surface area (Å²) in [5.41, 5.74) is 6.06. The minimum absolute atomic E-state index is 0.721. The number of rotatable bonds is 3. The van der Waals surface area contributed by atoms with Gasteiger partial charge in [0.15, 0.2) is 5.65 Å². The topological polar surface area (TPSA) is 43.1 Å². The van der Waals surface area contributed by atoms with Crippen molar-refractivity contribution in [1.29, 1.82) is 0 Å². The van der Waals surface area contributed by atoms with Gasteiger partial charge in [0.1, 0.15) is 0 Å². The van der Waals surface area contributed by atoms with Crippen LogP contribution in [0.25, 0.3) is 28.0 Å². The molecule has 0 radical (unpaired) electrons. The van der Waals surface area contributed by atoms with E-state index in [1.54, 1.807) is 12.4 Å². The van der Waals surface area contributed by atoms with E-state index < -0.39 is 0 Å². The second-order valence-corrected chi connectivity index (χ2v) is 5.92. The normalized spacial score (nSPS) is 11.1. The third kappa shape index (κ3) is 2.45. The Hall–Kier alpha value is -2.72. The van der Waals surface area contributed by atoms with Gasteiger partial charge in [-0.3, -0.25) is 4.98 Å². The summed E-state index contributed by atoms with van der Waals surface area (Å²) in [4.78, 5) is 8.67. The van der Waals surface area contributed by atoms with Crippen molar-refractivity contribution in [3.63, 3.8) is 0 Å². The molecule has 0 saturated heterocycles. The highest BCUT2D eigenvalue weighted by molar-refractivity contribution is 6.30. The molecule has 24 heavy (non-hydrogen) atoms. The predicted molar refractivity (Wildman–Crippen MR) is 96.0 cm³/mol. The minimum atomic E-state index is 0.721.